The average molecular weight is 274 g/mol. The van der Waals surface area contributed by atoms with Gasteiger partial charge >= 0.3 is 0 Å². The second-order valence-electron chi connectivity index (χ2n) is 4.61. The van der Waals surface area contributed by atoms with Gasteiger partial charge < -0.3 is 5.11 Å². The Morgan fingerprint density at radius 3 is 2.61 bits per heavy atom. The van der Waals surface area contributed by atoms with Crippen molar-refractivity contribution in [1.29, 1.82) is 0 Å². The Kier molecular flexibility index (Phi) is 2.77. The number of hydrogen-bond acceptors (Lipinski definition) is 3. The first-order chi connectivity index (χ1) is 8.59. The zero-order valence-corrected chi connectivity index (χ0v) is 11.9. The molecule has 0 spiro atoms. The summed E-state index contributed by atoms with van der Waals surface area (Å²) < 4.78 is 1.22. The predicted molar refractivity (Wildman–Crippen MR) is 79.6 cm³/mol. The van der Waals surface area contributed by atoms with Gasteiger partial charge in [0, 0.05) is 20.0 Å². The molecule has 1 N–H and O–H groups in total. The highest BCUT2D eigenvalue weighted by atomic mass is 32.1. The number of rotatable bonds is 2. The van der Waals surface area contributed by atoms with E-state index in [4.69, 9.17) is 0 Å². The van der Waals surface area contributed by atoms with Crippen LogP contribution >= 0.6 is 22.7 Å². The van der Waals surface area contributed by atoms with Gasteiger partial charge in [0.25, 0.3) is 0 Å². The van der Waals surface area contributed by atoms with E-state index < -0.39 is 5.60 Å². The van der Waals surface area contributed by atoms with Crippen molar-refractivity contribution in [2.75, 3.05) is 0 Å². The van der Waals surface area contributed by atoms with Gasteiger partial charge in [0.2, 0.25) is 0 Å². The second-order valence-corrected chi connectivity index (χ2v) is 6.82. The summed E-state index contributed by atoms with van der Waals surface area (Å²) >= 11 is 3.34. The van der Waals surface area contributed by atoms with E-state index in [1.807, 2.05) is 30.5 Å². The summed E-state index contributed by atoms with van der Waals surface area (Å²) in [5.74, 6) is 0. The lowest BCUT2D eigenvalue weighted by atomic mass is 9.95. The van der Waals surface area contributed by atoms with E-state index >= 15 is 0 Å². The van der Waals surface area contributed by atoms with Crippen LogP contribution in [0, 0.1) is 6.92 Å². The summed E-state index contributed by atoms with van der Waals surface area (Å²) in [6.45, 7) is 3.94. The summed E-state index contributed by atoms with van der Waals surface area (Å²) in [5, 5.41) is 14.1. The van der Waals surface area contributed by atoms with Crippen LogP contribution in [0.2, 0.25) is 0 Å². The molecule has 1 atom stereocenters. The predicted octanol–water partition coefficient (Wildman–Crippen LogP) is 4.53. The molecule has 1 nitrogen and oxygen atoms in total. The molecule has 0 radical (unpaired) electrons. The highest BCUT2D eigenvalue weighted by molar-refractivity contribution is 7.19. The van der Waals surface area contributed by atoms with Gasteiger partial charge in [-0.25, -0.2) is 0 Å². The minimum atomic E-state index is -0.895. The van der Waals surface area contributed by atoms with Crippen LogP contribution in [-0.2, 0) is 5.60 Å². The average Bonchev–Trinajstić information content (AvgIpc) is 2.94. The van der Waals surface area contributed by atoms with Gasteiger partial charge in [-0.1, -0.05) is 18.2 Å². The highest BCUT2D eigenvalue weighted by Crippen LogP contribution is 2.39. The number of thiophene rings is 2. The number of benzene rings is 1. The molecule has 3 heteroatoms. The van der Waals surface area contributed by atoms with Crippen molar-refractivity contribution in [3.8, 4) is 0 Å². The van der Waals surface area contributed by atoms with Crippen molar-refractivity contribution >= 4 is 32.8 Å². The van der Waals surface area contributed by atoms with Gasteiger partial charge in [0.1, 0.15) is 5.60 Å². The van der Waals surface area contributed by atoms with Crippen LogP contribution in [0.5, 0.6) is 0 Å². The molecule has 0 saturated heterocycles. The Morgan fingerprint density at radius 2 is 1.94 bits per heavy atom. The molecule has 0 fully saturated rings. The highest BCUT2D eigenvalue weighted by Gasteiger charge is 2.29. The zero-order chi connectivity index (χ0) is 12.8. The van der Waals surface area contributed by atoms with Crippen LogP contribution in [0.15, 0.2) is 41.8 Å². The van der Waals surface area contributed by atoms with Crippen molar-refractivity contribution in [2.24, 2.45) is 0 Å². The van der Waals surface area contributed by atoms with Crippen LogP contribution in [0.3, 0.4) is 0 Å². The quantitative estimate of drug-likeness (QED) is 0.728. The Morgan fingerprint density at radius 1 is 1.17 bits per heavy atom. The van der Waals surface area contributed by atoms with E-state index in [9.17, 15) is 5.11 Å². The lowest BCUT2D eigenvalue weighted by molar-refractivity contribution is 0.106. The zero-order valence-electron chi connectivity index (χ0n) is 10.3. The van der Waals surface area contributed by atoms with Crippen LogP contribution in [0.4, 0.5) is 0 Å². The van der Waals surface area contributed by atoms with E-state index in [-0.39, 0.29) is 0 Å². The van der Waals surface area contributed by atoms with Crippen molar-refractivity contribution in [3.05, 3.63) is 57.1 Å². The van der Waals surface area contributed by atoms with Crippen molar-refractivity contribution in [2.45, 2.75) is 19.4 Å². The van der Waals surface area contributed by atoms with E-state index in [1.54, 1.807) is 22.7 Å². The van der Waals surface area contributed by atoms with E-state index in [1.165, 1.54) is 15.0 Å². The molecule has 18 heavy (non-hydrogen) atoms. The van der Waals surface area contributed by atoms with Gasteiger partial charge in [0.15, 0.2) is 0 Å². The second kappa shape index (κ2) is 4.19. The first-order valence-corrected chi connectivity index (χ1v) is 7.54. The Hall–Kier alpha value is -1.16. The Labute approximate surface area is 114 Å². The lowest BCUT2D eigenvalue weighted by Crippen LogP contribution is -2.21. The number of fused-ring (bicyclic) bond motifs is 1. The minimum Gasteiger partial charge on any atom is -0.380 e. The third-order valence-corrected chi connectivity index (χ3v) is 5.46. The van der Waals surface area contributed by atoms with E-state index in [0.29, 0.717) is 0 Å². The first kappa shape index (κ1) is 11.9. The lowest BCUT2D eigenvalue weighted by Gasteiger charge is -2.22. The third kappa shape index (κ3) is 1.79. The molecular formula is C15H14OS2. The molecular weight excluding hydrogens is 260 g/mol. The third-order valence-electron chi connectivity index (χ3n) is 3.29. The van der Waals surface area contributed by atoms with Gasteiger partial charge in [-0.3, -0.25) is 0 Å². The maximum absolute atomic E-state index is 10.8. The van der Waals surface area contributed by atoms with Crippen LogP contribution < -0.4 is 0 Å². The molecule has 0 amide bonds. The Balaban J connectivity index is 2.16. The van der Waals surface area contributed by atoms with Crippen molar-refractivity contribution in [1.82, 2.24) is 0 Å². The van der Waals surface area contributed by atoms with Crippen molar-refractivity contribution in [3.63, 3.8) is 0 Å². The molecule has 92 valence electrons. The summed E-state index contributed by atoms with van der Waals surface area (Å²) in [4.78, 5) is 2.18. The van der Waals surface area contributed by atoms with Crippen LogP contribution in [-0.4, -0.2) is 5.11 Å². The molecule has 1 unspecified atom stereocenters. The van der Waals surface area contributed by atoms with Crippen LogP contribution in [0.25, 0.3) is 10.1 Å². The maximum Gasteiger partial charge on any atom is 0.122 e. The summed E-state index contributed by atoms with van der Waals surface area (Å²) in [6, 6.07) is 12.4. The fourth-order valence-corrected chi connectivity index (χ4v) is 4.17. The molecule has 0 bridgehead atoms. The summed E-state index contributed by atoms with van der Waals surface area (Å²) in [7, 11) is 0. The molecule has 0 saturated carbocycles. The molecule has 0 aliphatic rings. The fraction of sp³-hybridized carbons (Fsp3) is 0.200. The molecule has 2 heterocycles. The molecule has 0 aliphatic heterocycles. The van der Waals surface area contributed by atoms with E-state index in [0.717, 1.165) is 10.4 Å². The number of aryl methyl sites for hydroxylation is 1. The van der Waals surface area contributed by atoms with Gasteiger partial charge in [0.05, 0.1) is 0 Å². The molecule has 0 aliphatic carbocycles. The first-order valence-electron chi connectivity index (χ1n) is 5.85. The number of aliphatic hydroxyl groups is 1. The molecule has 2 aromatic heterocycles. The van der Waals surface area contributed by atoms with Crippen LogP contribution in [0.1, 0.15) is 22.2 Å². The smallest absolute Gasteiger partial charge is 0.122 e. The maximum atomic E-state index is 10.8. The van der Waals surface area contributed by atoms with Crippen molar-refractivity contribution < 1.29 is 5.11 Å². The van der Waals surface area contributed by atoms with Gasteiger partial charge in [-0.2, -0.15) is 0 Å². The van der Waals surface area contributed by atoms with Gasteiger partial charge in [-0.05, 0) is 42.8 Å². The normalized spacial score (nSPS) is 14.8. The molecule has 3 aromatic rings. The molecule has 1 aromatic carbocycles. The standard InChI is InChI=1S/C15H14OS2/c1-10-12(7-8-17-10)15(2,16)14-9-11-5-3-4-6-13(11)18-14/h3-9,16H,1-2H3. The largest absolute Gasteiger partial charge is 0.380 e. The van der Waals surface area contributed by atoms with Gasteiger partial charge in [-0.15, -0.1) is 22.7 Å². The Bertz CT molecular complexity index is 658. The van der Waals surface area contributed by atoms with E-state index in [2.05, 4.69) is 25.1 Å². The summed E-state index contributed by atoms with van der Waals surface area (Å²) in [6.07, 6.45) is 0. The SMILES string of the molecule is Cc1sccc1C(C)(O)c1cc2ccccc2s1. The fourth-order valence-electron chi connectivity index (χ4n) is 2.24. The number of hydrogen-bond donors (Lipinski definition) is 1. The molecule has 3 rings (SSSR count). The summed E-state index contributed by atoms with van der Waals surface area (Å²) in [5.41, 5.74) is 0.118. The monoisotopic (exact) mass is 274 g/mol. The topological polar surface area (TPSA) is 20.2 Å². The minimum absolute atomic E-state index is 0.895.